The van der Waals surface area contributed by atoms with E-state index in [9.17, 15) is 0 Å². The Hall–Kier alpha value is -1.34. The normalized spacial score (nSPS) is 14.9. The Morgan fingerprint density at radius 3 is 2.44 bits per heavy atom. The lowest BCUT2D eigenvalue weighted by molar-refractivity contribution is 0.471. The van der Waals surface area contributed by atoms with Crippen LogP contribution in [0.3, 0.4) is 0 Å². The summed E-state index contributed by atoms with van der Waals surface area (Å²) in [7, 11) is 0. The van der Waals surface area contributed by atoms with Gasteiger partial charge in [0, 0.05) is 12.0 Å². The minimum atomic E-state index is 0.0842. The first-order chi connectivity index (χ1) is 7.71. The van der Waals surface area contributed by atoms with Crippen molar-refractivity contribution in [3.05, 3.63) is 48.0 Å². The average Bonchev–Trinajstić information content (AvgIpc) is 2.37. The molecule has 0 aliphatic carbocycles. The lowest BCUT2D eigenvalue weighted by Crippen LogP contribution is -2.31. The van der Waals surface area contributed by atoms with Gasteiger partial charge in [-0.3, -0.25) is 0 Å². The third kappa shape index (κ3) is 1.72. The molecule has 2 N–H and O–H groups in total. The topological polar surface area (TPSA) is 26.0 Å². The van der Waals surface area contributed by atoms with Crippen molar-refractivity contribution in [2.45, 2.75) is 25.7 Å². The molecule has 2 rings (SSSR count). The Bertz CT molecular complexity index is 478. The van der Waals surface area contributed by atoms with Gasteiger partial charge in [-0.25, -0.2) is 0 Å². The summed E-state index contributed by atoms with van der Waals surface area (Å²) < 4.78 is 0. The average molecular weight is 213 g/mol. The molecule has 2 aromatic carbocycles. The second-order valence-electron chi connectivity index (χ2n) is 4.65. The second kappa shape index (κ2) is 4.26. The fourth-order valence-electron chi connectivity index (χ4n) is 2.20. The standard InChI is InChI=1S/C15H19N/c1-3-15(2,11-16)14-10-6-8-12-7-4-5-9-13(12)14/h4-10H,3,11,16H2,1-2H3. The van der Waals surface area contributed by atoms with Crippen LogP contribution in [0.4, 0.5) is 0 Å². The van der Waals surface area contributed by atoms with Crippen LogP contribution < -0.4 is 5.73 Å². The zero-order valence-corrected chi connectivity index (χ0v) is 10.0. The van der Waals surface area contributed by atoms with Crippen molar-refractivity contribution in [2.75, 3.05) is 6.54 Å². The number of benzene rings is 2. The number of fused-ring (bicyclic) bond motifs is 1. The number of hydrogen-bond acceptors (Lipinski definition) is 1. The molecule has 84 valence electrons. The summed E-state index contributed by atoms with van der Waals surface area (Å²) in [6.07, 6.45) is 1.07. The SMILES string of the molecule is CCC(C)(CN)c1cccc2ccccc12. The maximum absolute atomic E-state index is 5.94. The summed E-state index contributed by atoms with van der Waals surface area (Å²) in [6, 6.07) is 15.0. The number of rotatable bonds is 3. The lowest BCUT2D eigenvalue weighted by atomic mass is 9.78. The lowest BCUT2D eigenvalue weighted by Gasteiger charge is -2.28. The van der Waals surface area contributed by atoms with Gasteiger partial charge in [0.2, 0.25) is 0 Å². The van der Waals surface area contributed by atoms with Crippen molar-refractivity contribution in [1.29, 1.82) is 0 Å². The molecule has 0 bridgehead atoms. The largest absolute Gasteiger partial charge is 0.330 e. The Morgan fingerprint density at radius 1 is 1.06 bits per heavy atom. The minimum absolute atomic E-state index is 0.0842. The predicted octanol–water partition coefficient (Wildman–Crippen LogP) is 3.47. The summed E-state index contributed by atoms with van der Waals surface area (Å²) in [5.41, 5.74) is 7.40. The van der Waals surface area contributed by atoms with Gasteiger partial charge in [0.05, 0.1) is 0 Å². The molecule has 0 saturated carbocycles. The fourth-order valence-corrected chi connectivity index (χ4v) is 2.20. The van der Waals surface area contributed by atoms with Crippen LogP contribution in [0, 0.1) is 0 Å². The second-order valence-corrected chi connectivity index (χ2v) is 4.65. The van der Waals surface area contributed by atoms with E-state index in [1.807, 2.05) is 0 Å². The van der Waals surface area contributed by atoms with Crippen molar-refractivity contribution >= 4 is 10.8 Å². The first-order valence-electron chi connectivity index (χ1n) is 5.89. The van der Waals surface area contributed by atoms with Crippen molar-refractivity contribution in [3.63, 3.8) is 0 Å². The Morgan fingerprint density at radius 2 is 1.75 bits per heavy atom. The Labute approximate surface area is 97.3 Å². The Balaban J connectivity index is 2.69. The molecule has 1 unspecified atom stereocenters. The molecule has 0 aliphatic rings. The summed E-state index contributed by atoms with van der Waals surface area (Å²) in [4.78, 5) is 0. The molecule has 0 saturated heterocycles. The highest BCUT2D eigenvalue weighted by Gasteiger charge is 2.24. The molecule has 0 aliphatic heterocycles. The molecule has 0 amide bonds. The quantitative estimate of drug-likeness (QED) is 0.830. The van der Waals surface area contributed by atoms with Crippen molar-refractivity contribution < 1.29 is 0 Å². The van der Waals surface area contributed by atoms with E-state index in [-0.39, 0.29) is 5.41 Å². The third-order valence-corrected chi connectivity index (χ3v) is 3.67. The van der Waals surface area contributed by atoms with Gasteiger partial charge in [0.1, 0.15) is 0 Å². The van der Waals surface area contributed by atoms with Gasteiger partial charge in [0.15, 0.2) is 0 Å². The van der Waals surface area contributed by atoms with Crippen LogP contribution in [0.2, 0.25) is 0 Å². The van der Waals surface area contributed by atoms with E-state index in [2.05, 4.69) is 56.3 Å². The maximum Gasteiger partial charge on any atom is 0.00508 e. The van der Waals surface area contributed by atoms with Gasteiger partial charge < -0.3 is 5.73 Å². The summed E-state index contributed by atoms with van der Waals surface area (Å²) in [5, 5.41) is 2.63. The van der Waals surface area contributed by atoms with Crippen LogP contribution in [0.15, 0.2) is 42.5 Å². The molecule has 0 heterocycles. The summed E-state index contributed by atoms with van der Waals surface area (Å²) >= 11 is 0. The monoisotopic (exact) mass is 213 g/mol. The first-order valence-corrected chi connectivity index (χ1v) is 5.89. The predicted molar refractivity (Wildman–Crippen MR) is 70.6 cm³/mol. The molecule has 0 aromatic heterocycles. The van der Waals surface area contributed by atoms with Gasteiger partial charge >= 0.3 is 0 Å². The molecule has 0 fully saturated rings. The molecule has 2 aromatic rings. The fraction of sp³-hybridized carbons (Fsp3) is 0.333. The van der Waals surface area contributed by atoms with E-state index >= 15 is 0 Å². The van der Waals surface area contributed by atoms with Crippen LogP contribution in [0.25, 0.3) is 10.8 Å². The van der Waals surface area contributed by atoms with Gasteiger partial charge in [0.25, 0.3) is 0 Å². The van der Waals surface area contributed by atoms with Crippen molar-refractivity contribution in [3.8, 4) is 0 Å². The van der Waals surface area contributed by atoms with Crippen LogP contribution >= 0.6 is 0 Å². The zero-order valence-electron chi connectivity index (χ0n) is 10.0. The van der Waals surface area contributed by atoms with Gasteiger partial charge in [-0.2, -0.15) is 0 Å². The molecule has 1 atom stereocenters. The molecule has 0 spiro atoms. The molecular weight excluding hydrogens is 194 g/mol. The van der Waals surface area contributed by atoms with Crippen LogP contribution in [0.1, 0.15) is 25.8 Å². The van der Waals surface area contributed by atoms with Crippen molar-refractivity contribution in [1.82, 2.24) is 0 Å². The minimum Gasteiger partial charge on any atom is -0.330 e. The van der Waals surface area contributed by atoms with Crippen molar-refractivity contribution in [2.24, 2.45) is 5.73 Å². The van der Waals surface area contributed by atoms with E-state index < -0.39 is 0 Å². The third-order valence-electron chi connectivity index (χ3n) is 3.67. The van der Waals surface area contributed by atoms with E-state index in [1.165, 1.54) is 16.3 Å². The molecule has 1 heteroatoms. The number of nitrogens with two attached hydrogens (primary N) is 1. The van der Waals surface area contributed by atoms with E-state index in [1.54, 1.807) is 0 Å². The molecule has 16 heavy (non-hydrogen) atoms. The molecular formula is C15H19N. The Kier molecular flexibility index (Phi) is 2.97. The summed E-state index contributed by atoms with van der Waals surface area (Å²) in [6.45, 7) is 5.14. The highest BCUT2D eigenvalue weighted by atomic mass is 14.6. The maximum atomic E-state index is 5.94. The van der Waals surface area contributed by atoms with E-state index in [4.69, 9.17) is 5.73 Å². The summed E-state index contributed by atoms with van der Waals surface area (Å²) in [5.74, 6) is 0. The van der Waals surface area contributed by atoms with Crippen LogP contribution in [-0.4, -0.2) is 6.54 Å². The van der Waals surface area contributed by atoms with Gasteiger partial charge in [-0.05, 0) is 22.8 Å². The van der Waals surface area contributed by atoms with E-state index in [0.29, 0.717) is 6.54 Å². The van der Waals surface area contributed by atoms with Crippen LogP contribution in [0.5, 0.6) is 0 Å². The first kappa shape index (κ1) is 11.2. The molecule has 1 nitrogen and oxygen atoms in total. The smallest absolute Gasteiger partial charge is 0.00508 e. The highest BCUT2D eigenvalue weighted by Crippen LogP contribution is 2.32. The van der Waals surface area contributed by atoms with Gasteiger partial charge in [-0.1, -0.05) is 56.3 Å². The number of hydrogen-bond donors (Lipinski definition) is 1. The van der Waals surface area contributed by atoms with Gasteiger partial charge in [-0.15, -0.1) is 0 Å². The highest BCUT2D eigenvalue weighted by molar-refractivity contribution is 5.86. The molecule has 0 radical (unpaired) electrons. The van der Waals surface area contributed by atoms with E-state index in [0.717, 1.165) is 6.42 Å². The zero-order chi connectivity index (χ0) is 11.6. The van der Waals surface area contributed by atoms with Crippen LogP contribution in [-0.2, 0) is 5.41 Å².